The highest BCUT2D eigenvalue weighted by molar-refractivity contribution is 7.16. The lowest BCUT2D eigenvalue weighted by Gasteiger charge is -2.42. The molecule has 236 valence electrons. The van der Waals surface area contributed by atoms with E-state index in [1.165, 1.54) is 17.4 Å². The number of hydrogen-bond donors (Lipinski definition) is 1. The van der Waals surface area contributed by atoms with Gasteiger partial charge in [0.05, 0.1) is 16.8 Å². The largest absolute Gasteiger partial charge is 0.473 e. The van der Waals surface area contributed by atoms with Gasteiger partial charge >= 0.3 is 0 Å². The molecular weight excluding hydrogens is 588 g/mol. The second-order valence-corrected chi connectivity index (χ2v) is 14.4. The summed E-state index contributed by atoms with van der Waals surface area (Å²) in [5.41, 5.74) is 7.81. The van der Waals surface area contributed by atoms with Crippen LogP contribution in [-0.4, -0.2) is 81.7 Å². The number of hydrogen-bond acceptors (Lipinski definition) is 11. The van der Waals surface area contributed by atoms with Crippen molar-refractivity contribution in [3.8, 4) is 23.5 Å². The molecule has 0 radical (unpaired) electrons. The topological polar surface area (TPSA) is 138 Å². The van der Waals surface area contributed by atoms with Crippen LogP contribution in [0.4, 0.5) is 10.8 Å². The Bertz CT molecular complexity index is 1690. The van der Waals surface area contributed by atoms with E-state index in [1.807, 2.05) is 17.0 Å². The van der Waals surface area contributed by atoms with Crippen molar-refractivity contribution in [2.75, 3.05) is 43.9 Å². The van der Waals surface area contributed by atoms with Crippen LogP contribution >= 0.6 is 11.3 Å². The van der Waals surface area contributed by atoms with Gasteiger partial charge in [0.15, 0.2) is 0 Å². The Morgan fingerprint density at radius 2 is 2.09 bits per heavy atom. The number of nitrogens with two attached hydrogens (primary N) is 1. The molecule has 1 amide bonds. The Morgan fingerprint density at radius 3 is 2.80 bits per heavy atom. The molecule has 5 heterocycles. The third kappa shape index (κ3) is 5.06. The highest BCUT2D eigenvalue weighted by Gasteiger charge is 2.53. The third-order valence-electron chi connectivity index (χ3n) is 10.4. The van der Waals surface area contributed by atoms with Crippen LogP contribution in [0.15, 0.2) is 29.3 Å². The summed E-state index contributed by atoms with van der Waals surface area (Å²) in [7, 11) is 2.14. The molecule has 0 aromatic carbocycles. The van der Waals surface area contributed by atoms with Gasteiger partial charge in [0.25, 0.3) is 0 Å². The summed E-state index contributed by atoms with van der Waals surface area (Å²) >= 11 is 1.50. The van der Waals surface area contributed by atoms with Crippen molar-refractivity contribution >= 4 is 28.1 Å². The summed E-state index contributed by atoms with van der Waals surface area (Å²) in [6, 6.07) is 6.46. The molecule has 1 spiro atoms. The van der Waals surface area contributed by atoms with Crippen molar-refractivity contribution in [3.05, 3.63) is 46.5 Å². The van der Waals surface area contributed by atoms with Gasteiger partial charge in [-0.05, 0) is 84.0 Å². The van der Waals surface area contributed by atoms with Gasteiger partial charge < -0.3 is 24.8 Å². The van der Waals surface area contributed by atoms with Gasteiger partial charge in [0.1, 0.15) is 23.0 Å². The lowest BCUT2D eigenvalue weighted by Crippen LogP contribution is -2.57. The fraction of sp³-hybridized carbons (Fsp3) is 0.545. The number of thiophene rings is 1. The molecule has 45 heavy (non-hydrogen) atoms. The first-order valence-electron chi connectivity index (χ1n) is 15.9. The molecule has 3 fully saturated rings. The minimum absolute atomic E-state index is 0.0189. The maximum Gasteiger partial charge on any atom is 0.246 e. The van der Waals surface area contributed by atoms with Gasteiger partial charge in [-0.15, -0.1) is 11.3 Å². The number of likely N-dealkylation sites (N-methyl/N-ethyl adjacent to an activating group) is 1. The number of nitrogens with zero attached hydrogens (tertiary/aromatic N) is 7. The Kier molecular flexibility index (Phi) is 7.36. The molecule has 1 saturated carbocycles. The van der Waals surface area contributed by atoms with E-state index in [0.29, 0.717) is 53.7 Å². The molecule has 2 aliphatic carbocycles. The quantitative estimate of drug-likeness (QED) is 0.372. The van der Waals surface area contributed by atoms with Crippen molar-refractivity contribution in [1.82, 2.24) is 24.9 Å². The van der Waals surface area contributed by atoms with Crippen LogP contribution in [0.2, 0.25) is 0 Å². The van der Waals surface area contributed by atoms with Gasteiger partial charge in [0, 0.05) is 48.1 Å². The molecule has 2 aliphatic heterocycles. The lowest BCUT2D eigenvalue weighted by atomic mass is 9.70. The summed E-state index contributed by atoms with van der Waals surface area (Å²) in [6.45, 7) is 10.9. The minimum atomic E-state index is -0.514. The number of piperazine rings is 1. The maximum absolute atomic E-state index is 12.6. The van der Waals surface area contributed by atoms with E-state index >= 15 is 0 Å². The molecule has 12 heteroatoms. The third-order valence-corrected chi connectivity index (χ3v) is 11.5. The maximum atomic E-state index is 12.6. The van der Waals surface area contributed by atoms with Gasteiger partial charge in [-0.1, -0.05) is 11.7 Å². The number of fused-ring (bicyclic) bond motifs is 1. The summed E-state index contributed by atoms with van der Waals surface area (Å²) in [5.74, 6) is 2.04. The van der Waals surface area contributed by atoms with Gasteiger partial charge in [-0.25, -0.2) is 4.98 Å². The second kappa shape index (κ2) is 11.1. The minimum Gasteiger partial charge on any atom is -0.473 e. The van der Waals surface area contributed by atoms with Crippen LogP contribution < -0.4 is 15.4 Å². The van der Waals surface area contributed by atoms with Crippen LogP contribution in [0.5, 0.6) is 5.88 Å². The number of rotatable bonds is 7. The fourth-order valence-corrected chi connectivity index (χ4v) is 8.93. The van der Waals surface area contributed by atoms with E-state index in [-0.39, 0.29) is 17.6 Å². The number of amides is 1. The number of nitriles is 1. The zero-order chi connectivity index (χ0) is 31.5. The number of likely N-dealkylation sites (tertiary alicyclic amines) is 1. The van der Waals surface area contributed by atoms with Gasteiger partial charge in [-0.2, -0.15) is 10.2 Å². The number of carbonyl (C=O) groups excluding carboxylic acids is 1. The summed E-state index contributed by atoms with van der Waals surface area (Å²) in [5, 5.41) is 15.0. The van der Waals surface area contributed by atoms with Crippen LogP contribution in [0.25, 0.3) is 11.6 Å². The lowest BCUT2D eigenvalue weighted by molar-refractivity contribution is -0.129. The Labute approximate surface area is 267 Å². The van der Waals surface area contributed by atoms with Crippen LogP contribution in [0.1, 0.15) is 74.1 Å². The van der Waals surface area contributed by atoms with Crippen LogP contribution in [-0.2, 0) is 16.6 Å². The zero-order valence-corrected chi connectivity index (χ0v) is 27.0. The zero-order valence-electron chi connectivity index (χ0n) is 26.2. The van der Waals surface area contributed by atoms with Crippen molar-refractivity contribution in [3.63, 3.8) is 0 Å². The molecular formula is C33H40N8O3S. The molecule has 0 unspecified atom stereocenters. The number of aromatic nitrogens is 3. The smallest absolute Gasteiger partial charge is 0.246 e. The van der Waals surface area contributed by atoms with Gasteiger partial charge in [0.2, 0.25) is 23.4 Å². The van der Waals surface area contributed by atoms with E-state index in [9.17, 15) is 10.1 Å². The van der Waals surface area contributed by atoms with E-state index in [1.54, 1.807) is 0 Å². The van der Waals surface area contributed by atoms with Crippen molar-refractivity contribution < 1.29 is 14.1 Å². The predicted molar refractivity (Wildman–Crippen MR) is 172 cm³/mol. The fourth-order valence-electron chi connectivity index (χ4n) is 7.74. The molecule has 7 rings (SSSR count). The first kappa shape index (κ1) is 29.7. The number of nitrogen functional groups attached to an aromatic ring is 1. The summed E-state index contributed by atoms with van der Waals surface area (Å²) in [6.07, 6.45) is 8.18. The average Bonchev–Trinajstić information content (AvgIpc) is 3.36. The highest BCUT2D eigenvalue weighted by atomic mass is 32.1. The molecule has 4 aliphatic rings. The number of carbonyl (C=O) groups is 1. The molecule has 3 aromatic heterocycles. The molecule has 2 N–H and O–H groups in total. The van der Waals surface area contributed by atoms with Crippen molar-refractivity contribution in [2.45, 2.75) is 81.9 Å². The molecule has 3 atom stereocenters. The average molecular weight is 629 g/mol. The normalized spacial score (nSPS) is 24.7. The molecule has 11 nitrogen and oxygen atoms in total. The van der Waals surface area contributed by atoms with E-state index in [0.717, 1.165) is 73.4 Å². The Morgan fingerprint density at radius 1 is 1.27 bits per heavy atom. The van der Waals surface area contributed by atoms with Crippen molar-refractivity contribution in [2.24, 2.45) is 0 Å². The second-order valence-electron chi connectivity index (χ2n) is 13.3. The SMILES string of the molecule is C=CC(=O)N1CCN(c2cc(O[C@@H](C)[C@@H]3CCCN3C)nc(-c3cc([C@@]4(C)CCCc5sc(N)c(C#N)c54)no3)n2)CC12CC2. The highest BCUT2D eigenvalue weighted by Crippen LogP contribution is 2.49. The van der Waals surface area contributed by atoms with E-state index < -0.39 is 5.41 Å². The predicted octanol–water partition coefficient (Wildman–Crippen LogP) is 4.52. The first-order chi connectivity index (χ1) is 21.7. The Balaban J connectivity index is 1.24. The molecule has 2 saturated heterocycles. The number of anilines is 2. The molecule has 3 aromatic rings. The summed E-state index contributed by atoms with van der Waals surface area (Å²) < 4.78 is 12.5. The van der Waals surface area contributed by atoms with Gasteiger partial charge in [-0.3, -0.25) is 9.69 Å². The number of aryl methyl sites for hydroxylation is 1. The summed E-state index contributed by atoms with van der Waals surface area (Å²) in [4.78, 5) is 30.1. The van der Waals surface area contributed by atoms with Crippen molar-refractivity contribution in [1.29, 1.82) is 5.26 Å². The van der Waals surface area contributed by atoms with Crippen LogP contribution in [0.3, 0.4) is 0 Å². The van der Waals surface area contributed by atoms with E-state index in [4.69, 9.17) is 25.0 Å². The Hall–Kier alpha value is -3.95. The monoisotopic (exact) mass is 628 g/mol. The van der Waals surface area contributed by atoms with E-state index in [2.05, 4.69) is 48.5 Å². The first-order valence-corrected chi connectivity index (χ1v) is 16.7. The standard InChI is InChI=1S/C33H40N8O3S/c1-5-28(42)41-15-14-40(19-33(41)11-12-33)26-17-27(43-20(2)22-8-7-13-39(22)4)37-31(36-26)23-16-25(38-44-23)32(3)10-6-9-24-29(32)21(18-34)30(35)45-24/h5,16-17,20,22H,1,6-15,19,35H2,2-4H3/t20-,22-,32+/m0/s1. The number of ether oxygens (including phenoxy) is 1. The van der Waals surface area contributed by atoms with Crippen LogP contribution in [0, 0.1) is 11.3 Å². The molecule has 0 bridgehead atoms.